The van der Waals surface area contributed by atoms with Crippen molar-refractivity contribution in [3.8, 4) is 0 Å². The number of nitrogens with zero attached hydrogens (tertiary/aromatic N) is 3. The fourth-order valence-corrected chi connectivity index (χ4v) is 4.86. The second-order valence-electron chi connectivity index (χ2n) is 9.43. The van der Waals surface area contributed by atoms with Crippen LogP contribution in [0.1, 0.15) is 41.8 Å². The van der Waals surface area contributed by atoms with E-state index in [1.54, 1.807) is 0 Å². The number of carbonyl (C=O) groups excluding carboxylic acids is 2. The maximum Gasteiger partial charge on any atom is 0.435 e. The van der Waals surface area contributed by atoms with E-state index in [4.69, 9.17) is 0 Å². The fourth-order valence-electron chi connectivity index (χ4n) is 4.86. The van der Waals surface area contributed by atoms with E-state index in [9.17, 15) is 35.9 Å². The first-order chi connectivity index (χ1) is 17.9. The summed E-state index contributed by atoms with van der Waals surface area (Å²) in [5.41, 5.74) is -0.0861. The van der Waals surface area contributed by atoms with Gasteiger partial charge >= 0.3 is 6.18 Å². The molecular formula is C27H25F6N3O2. The highest BCUT2D eigenvalue weighted by Crippen LogP contribution is 2.36. The van der Waals surface area contributed by atoms with Crippen LogP contribution >= 0.6 is 0 Å². The molecule has 1 amide bonds. The molecule has 0 fully saturated rings. The van der Waals surface area contributed by atoms with Crippen LogP contribution in [0.15, 0.2) is 42.5 Å². The van der Waals surface area contributed by atoms with Crippen LogP contribution in [0, 0.1) is 23.4 Å². The van der Waals surface area contributed by atoms with Crippen LogP contribution in [0.2, 0.25) is 0 Å². The lowest BCUT2D eigenvalue weighted by Crippen LogP contribution is -2.36. The van der Waals surface area contributed by atoms with Crippen molar-refractivity contribution < 1.29 is 35.9 Å². The molecule has 0 spiro atoms. The number of Topliss-reactive ketones (excluding diaryl/α,β-unsaturated/α-hetero) is 1. The average molecular weight is 538 g/mol. The Morgan fingerprint density at radius 2 is 1.61 bits per heavy atom. The molecule has 1 heterocycles. The molecule has 0 saturated heterocycles. The fraction of sp³-hybridized carbons (Fsp3) is 0.370. The molecule has 0 bridgehead atoms. The van der Waals surface area contributed by atoms with Crippen LogP contribution in [0.4, 0.5) is 32.0 Å². The number of hydrogen-bond acceptors (Lipinski definition) is 3. The van der Waals surface area contributed by atoms with E-state index in [1.807, 2.05) is 0 Å². The molecule has 3 aromatic rings. The Morgan fingerprint density at radius 3 is 2.24 bits per heavy atom. The van der Waals surface area contributed by atoms with Crippen molar-refractivity contribution in [2.75, 3.05) is 11.9 Å². The van der Waals surface area contributed by atoms with E-state index in [1.165, 1.54) is 24.1 Å². The minimum absolute atomic E-state index is 0.0930. The predicted octanol–water partition coefficient (Wildman–Crippen LogP) is 5.68. The molecule has 1 aromatic heterocycles. The van der Waals surface area contributed by atoms with E-state index in [0.29, 0.717) is 36.7 Å². The normalized spacial score (nSPS) is 14.2. The SMILES string of the molecule is CN(C(=O)C(CC(=O)Cn1nc(C(F)(F)F)c2c1CCCC2)Cc1cc(F)cc(F)c1)c1ccc(F)cc1. The largest absolute Gasteiger partial charge is 0.435 e. The number of amides is 1. The van der Waals surface area contributed by atoms with Gasteiger partial charge in [-0.2, -0.15) is 18.3 Å². The van der Waals surface area contributed by atoms with Crippen molar-refractivity contribution in [1.29, 1.82) is 0 Å². The molecule has 1 atom stereocenters. The van der Waals surface area contributed by atoms with E-state index in [2.05, 4.69) is 5.10 Å². The molecule has 1 aliphatic rings. The van der Waals surface area contributed by atoms with Crippen LogP contribution in [0.5, 0.6) is 0 Å². The quantitative estimate of drug-likeness (QED) is 0.348. The number of hydrogen-bond donors (Lipinski definition) is 0. The van der Waals surface area contributed by atoms with Gasteiger partial charge in [-0.25, -0.2) is 13.2 Å². The van der Waals surface area contributed by atoms with Gasteiger partial charge in [-0.1, -0.05) is 0 Å². The zero-order valence-corrected chi connectivity index (χ0v) is 20.5. The van der Waals surface area contributed by atoms with Crippen LogP contribution in [0.3, 0.4) is 0 Å². The average Bonchev–Trinajstić information content (AvgIpc) is 3.21. The summed E-state index contributed by atoms with van der Waals surface area (Å²) in [5.74, 6) is -4.45. The number of anilines is 1. The topological polar surface area (TPSA) is 55.2 Å². The first kappa shape index (κ1) is 27.4. The van der Waals surface area contributed by atoms with Crippen molar-refractivity contribution in [2.24, 2.45) is 5.92 Å². The molecule has 0 saturated carbocycles. The Morgan fingerprint density at radius 1 is 0.974 bits per heavy atom. The molecule has 0 radical (unpaired) electrons. The Hall–Kier alpha value is -3.63. The van der Waals surface area contributed by atoms with Gasteiger partial charge in [-0.3, -0.25) is 14.3 Å². The van der Waals surface area contributed by atoms with E-state index < -0.39 is 59.9 Å². The van der Waals surface area contributed by atoms with Gasteiger partial charge in [0, 0.05) is 42.4 Å². The number of aromatic nitrogens is 2. The number of halogens is 6. The number of ketones is 1. The number of alkyl halides is 3. The third-order valence-electron chi connectivity index (χ3n) is 6.62. The van der Waals surface area contributed by atoms with Crippen LogP contribution < -0.4 is 4.90 Å². The first-order valence-electron chi connectivity index (χ1n) is 12.1. The van der Waals surface area contributed by atoms with Gasteiger partial charge in [-0.15, -0.1) is 0 Å². The van der Waals surface area contributed by atoms with Crippen molar-refractivity contribution in [1.82, 2.24) is 9.78 Å². The summed E-state index contributed by atoms with van der Waals surface area (Å²) in [7, 11) is 1.42. The van der Waals surface area contributed by atoms with Crippen molar-refractivity contribution in [3.63, 3.8) is 0 Å². The number of benzene rings is 2. The maximum atomic E-state index is 13.8. The summed E-state index contributed by atoms with van der Waals surface area (Å²) in [6.07, 6.45) is -3.44. The van der Waals surface area contributed by atoms with Crippen LogP contribution in [-0.2, 0) is 41.6 Å². The van der Waals surface area contributed by atoms with E-state index in [0.717, 1.165) is 28.9 Å². The lowest BCUT2D eigenvalue weighted by atomic mass is 9.92. The number of carbonyl (C=O) groups is 2. The Labute approximate surface area is 215 Å². The molecule has 1 aliphatic carbocycles. The monoisotopic (exact) mass is 537 g/mol. The first-order valence-corrected chi connectivity index (χ1v) is 12.1. The van der Waals surface area contributed by atoms with Gasteiger partial charge in [-0.05, 0) is 74.1 Å². The zero-order chi connectivity index (χ0) is 27.6. The second-order valence-corrected chi connectivity index (χ2v) is 9.43. The third-order valence-corrected chi connectivity index (χ3v) is 6.62. The molecular weight excluding hydrogens is 512 g/mol. The zero-order valence-electron chi connectivity index (χ0n) is 20.5. The van der Waals surface area contributed by atoms with Gasteiger partial charge < -0.3 is 4.90 Å². The van der Waals surface area contributed by atoms with E-state index >= 15 is 0 Å². The highest BCUT2D eigenvalue weighted by atomic mass is 19.4. The van der Waals surface area contributed by atoms with Gasteiger partial charge in [0.1, 0.15) is 17.5 Å². The molecule has 0 N–H and O–H groups in total. The smallest absolute Gasteiger partial charge is 0.315 e. The lowest BCUT2D eigenvalue weighted by Gasteiger charge is -2.24. The summed E-state index contributed by atoms with van der Waals surface area (Å²) in [4.78, 5) is 27.7. The van der Waals surface area contributed by atoms with Crippen LogP contribution in [0.25, 0.3) is 0 Å². The standard InChI is InChI=1S/C27H25F6N3O2/c1-35(21-8-6-18(28)7-9-21)26(38)17(10-16-11-19(29)14-20(30)12-16)13-22(37)15-36-24-5-3-2-4-23(24)25(34-36)27(31,32)33/h6-9,11-12,14,17H,2-5,10,13,15H2,1H3. The molecule has 1 unspecified atom stereocenters. The van der Waals surface area contributed by atoms with Crippen molar-refractivity contribution in [2.45, 2.75) is 51.2 Å². The summed E-state index contributed by atoms with van der Waals surface area (Å²) in [6, 6.07) is 7.80. The molecule has 0 aliphatic heterocycles. The molecule has 5 nitrogen and oxygen atoms in total. The predicted molar refractivity (Wildman–Crippen MR) is 127 cm³/mol. The minimum Gasteiger partial charge on any atom is -0.315 e. The summed E-state index contributed by atoms with van der Waals surface area (Å²) in [6.45, 7) is -0.472. The molecule has 11 heteroatoms. The molecule has 4 rings (SSSR count). The Kier molecular flexibility index (Phi) is 7.94. The number of fused-ring (bicyclic) bond motifs is 1. The lowest BCUT2D eigenvalue weighted by molar-refractivity contribution is -0.142. The summed E-state index contributed by atoms with van der Waals surface area (Å²) >= 11 is 0. The highest BCUT2D eigenvalue weighted by molar-refractivity contribution is 5.97. The second kappa shape index (κ2) is 11.0. The molecule has 2 aromatic carbocycles. The molecule has 202 valence electrons. The van der Waals surface area contributed by atoms with Gasteiger partial charge in [0.05, 0.1) is 6.54 Å². The van der Waals surface area contributed by atoms with Crippen molar-refractivity contribution in [3.05, 3.63) is 82.4 Å². The Balaban J connectivity index is 1.59. The Bertz CT molecular complexity index is 1310. The summed E-state index contributed by atoms with van der Waals surface area (Å²) in [5, 5.41) is 3.69. The van der Waals surface area contributed by atoms with Gasteiger partial charge in [0.25, 0.3) is 0 Å². The van der Waals surface area contributed by atoms with Crippen molar-refractivity contribution >= 4 is 17.4 Å². The number of rotatable bonds is 8. The minimum atomic E-state index is -4.66. The highest BCUT2D eigenvalue weighted by Gasteiger charge is 2.40. The third kappa shape index (κ3) is 6.25. The van der Waals surface area contributed by atoms with E-state index in [-0.39, 0.29) is 24.0 Å². The summed E-state index contributed by atoms with van der Waals surface area (Å²) < 4.78 is 82.6. The maximum absolute atomic E-state index is 13.8. The van der Waals surface area contributed by atoms with Crippen LogP contribution in [-0.4, -0.2) is 28.5 Å². The van der Waals surface area contributed by atoms with Gasteiger partial charge in [0.2, 0.25) is 5.91 Å². The van der Waals surface area contributed by atoms with Gasteiger partial charge in [0.15, 0.2) is 11.5 Å². The molecule has 38 heavy (non-hydrogen) atoms.